The van der Waals surface area contributed by atoms with Gasteiger partial charge in [0.15, 0.2) is 6.29 Å². The first-order valence-electron chi connectivity index (χ1n) is 4.43. The second-order valence-electron chi connectivity index (χ2n) is 3.27. The summed E-state index contributed by atoms with van der Waals surface area (Å²) in [6.45, 7) is 9.07. The highest BCUT2D eigenvalue weighted by Gasteiger charge is 2.26. The minimum atomic E-state index is -0.358. The SMILES string of the molecule is C=CN1CC(C(=O)C=O)CN(C=C)C1. The van der Waals surface area contributed by atoms with Crippen molar-refractivity contribution in [3.05, 3.63) is 25.6 Å². The monoisotopic (exact) mass is 194 g/mol. The fourth-order valence-corrected chi connectivity index (χ4v) is 1.51. The molecular weight excluding hydrogens is 180 g/mol. The number of nitrogens with zero attached hydrogens (tertiary/aromatic N) is 2. The van der Waals surface area contributed by atoms with E-state index in [1.54, 1.807) is 12.4 Å². The Hall–Kier alpha value is -1.58. The maximum atomic E-state index is 11.2. The smallest absolute Gasteiger partial charge is 0.201 e. The van der Waals surface area contributed by atoms with Crippen molar-refractivity contribution in [1.29, 1.82) is 0 Å². The molecule has 0 aromatic carbocycles. The van der Waals surface area contributed by atoms with Crippen LogP contribution in [0.15, 0.2) is 25.6 Å². The lowest BCUT2D eigenvalue weighted by Gasteiger charge is -2.37. The Labute approximate surface area is 83.5 Å². The number of hydrogen-bond donors (Lipinski definition) is 0. The minimum absolute atomic E-state index is 0.266. The Bertz CT molecular complexity index is 247. The summed E-state index contributed by atoms with van der Waals surface area (Å²) in [5.41, 5.74) is 0. The number of aldehydes is 1. The van der Waals surface area contributed by atoms with Crippen LogP contribution < -0.4 is 0 Å². The lowest BCUT2D eigenvalue weighted by atomic mass is 10.0. The molecule has 0 amide bonds. The third-order valence-electron chi connectivity index (χ3n) is 2.31. The summed E-state index contributed by atoms with van der Waals surface area (Å²) in [4.78, 5) is 25.3. The van der Waals surface area contributed by atoms with Crippen LogP contribution in [0.3, 0.4) is 0 Å². The number of carbonyl (C=O) groups excluding carboxylic acids is 2. The lowest BCUT2D eigenvalue weighted by Crippen LogP contribution is -2.47. The Kier molecular flexibility index (Phi) is 3.45. The van der Waals surface area contributed by atoms with Crippen molar-refractivity contribution < 1.29 is 9.59 Å². The van der Waals surface area contributed by atoms with Crippen molar-refractivity contribution in [1.82, 2.24) is 9.80 Å². The summed E-state index contributed by atoms with van der Waals surface area (Å²) in [5.74, 6) is -0.624. The van der Waals surface area contributed by atoms with Crippen LogP contribution in [0.25, 0.3) is 0 Å². The Morgan fingerprint density at radius 3 is 2.07 bits per heavy atom. The zero-order valence-electron chi connectivity index (χ0n) is 8.06. The quantitative estimate of drug-likeness (QED) is 0.474. The van der Waals surface area contributed by atoms with Crippen molar-refractivity contribution in [3.8, 4) is 0 Å². The topological polar surface area (TPSA) is 40.6 Å². The van der Waals surface area contributed by atoms with Gasteiger partial charge in [0, 0.05) is 13.1 Å². The highest BCUT2D eigenvalue weighted by molar-refractivity contribution is 6.26. The van der Waals surface area contributed by atoms with E-state index in [1.165, 1.54) is 0 Å². The molecule has 1 heterocycles. The fraction of sp³-hybridized carbons (Fsp3) is 0.400. The standard InChI is InChI=1S/C10H14N2O2/c1-3-11-5-9(10(14)7-13)6-12(4-2)8-11/h3-4,7,9H,1-2,5-6,8H2. The van der Waals surface area contributed by atoms with E-state index in [0.29, 0.717) is 26.0 Å². The number of rotatable bonds is 4. The zero-order chi connectivity index (χ0) is 10.6. The van der Waals surface area contributed by atoms with Crippen LogP contribution in [0, 0.1) is 5.92 Å². The van der Waals surface area contributed by atoms with Gasteiger partial charge in [0.1, 0.15) is 0 Å². The fourth-order valence-electron chi connectivity index (χ4n) is 1.51. The van der Waals surface area contributed by atoms with Crippen LogP contribution in [-0.4, -0.2) is 41.6 Å². The van der Waals surface area contributed by atoms with Crippen molar-refractivity contribution in [2.75, 3.05) is 19.8 Å². The molecule has 14 heavy (non-hydrogen) atoms. The van der Waals surface area contributed by atoms with E-state index in [2.05, 4.69) is 13.2 Å². The molecule has 0 spiro atoms. The molecule has 0 bridgehead atoms. The van der Waals surface area contributed by atoms with E-state index in [4.69, 9.17) is 0 Å². The Balaban J connectivity index is 2.68. The molecule has 76 valence electrons. The molecule has 1 aliphatic rings. The Morgan fingerprint density at radius 2 is 1.71 bits per heavy atom. The molecule has 0 radical (unpaired) electrons. The normalized spacial score (nSPS) is 17.7. The van der Waals surface area contributed by atoms with Gasteiger partial charge in [-0.15, -0.1) is 0 Å². The second-order valence-corrected chi connectivity index (χ2v) is 3.27. The summed E-state index contributed by atoms with van der Waals surface area (Å²) >= 11 is 0. The molecule has 0 aromatic heterocycles. The van der Waals surface area contributed by atoms with Gasteiger partial charge < -0.3 is 9.80 Å². The first kappa shape index (κ1) is 10.5. The Morgan fingerprint density at radius 1 is 1.21 bits per heavy atom. The molecule has 0 N–H and O–H groups in total. The number of ketones is 1. The van der Waals surface area contributed by atoms with Crippen LogP contribution in [0.2, 0.25) is 0 Å². The molecule has 0 unspecified atom stereocenters. The molecule has 4 nitrogen and oxygen atoms in total. The van der Waals surface area contributed by atoms with Gasteiger partial charge in [-0.3, -0.25) is 9.59 Å². The van der Waals surface area contributed by atoms with Crippen LogP contribution in [0.1, 0.15) is 0 Å². The van der Waals surface area contributed by atoms with Crippen LogP contribution in [0.4, 0.5) is 0 Å². The van der Waals surface area contributed by atoms with Crippen molar-refractivity contribution in [3.63, 3.8) is 0 Å². The second kappa shape index (κ2) is 4.60. The van der Waals surface area contributed by atoms with Gasteiger partial charge in [0.25, 0.3) is 0 Å². The van der Waals surface area contributed by atoms with Gasteiger partial charge >= 0.3 is 0 Å². The maximum Gasteiger partial charge on any atom is 0.201 e. The van der Waals surface area contributed by atoms with Gasteiger partial charge in [-0.05, 0) is 12.4 Å². The summed E-state index contributed by atoms with van der Waals surface area (Å²) < 4.78 is 0. The third kappa shape index (κ3) is 2.22. The van der Waals surface area contributed by atoms with Crippen molar-refractivity contribution in [2.24, 2.45) is 5.92 Å². The zero-order valence-corrected chi connectivity index (χ0v) is 8.06. The van der Waals surface area contributed by atoms with Crippen molar-refractivity contribution >= 4 is 12.1 Å². The first-order valence-corrected chi connectivity index (χ1v) is 4.43. The van der Waals surface area contributed by atoms with Crippen LogP contribution >= 0.6 is 0 Å². The van der Waals surface area contributed by atoms with Gasteiger partial charge in [0.2, 0.25) is 5.78 Å². The molecule has 4 heteroatoms. The summed E-state index contributed by atoms with van der Waals surface area (Å²) in [7, 11) is 0. The lowest BCUT2D eigenvalue weighted by molar-refractivity contribution is -0.134. The molecular formula is C10H14N2O2. The predicted molar refractivity (Wildman–Crippen MR) is 53.2 cm³/mol. The molecule has 0 saturated carbocycles. The van der Waals surface area contributed by atoms with E-state index >= 15 is 0 Å². The number of carbonyl (C=O) groups is 2. The van der Waals surface area contributed by atoms with Gasteiger partial charge in [0.05, 0.1) is 12.6 Å². The molecule has 1 rings (SSSR count). The molecule has 1 saturated heterocycles. The third-order valence-corrected chi connectivity index (χ3v) is 2.31. The average molecular weight is 194 g/mol. The van der Waals surface area contributed by atoms with Crippen LogP contribution in [-0.2, 0) is 9.59 Å². The maximum absolute atomic E-state index is 11.2. The van der Waals surface area contributed by atoms with E-state index in [1.807, 2.05) is 9.80 Å². The largest absolute Gasteiger partial charge is 0.360 e. The molecule has 0 aliphatic carbocycles. The molecule has 0 aromatic rings. The summed E-state index contributed by atoms with van der Waals surface area (Å²) in [5, 5.41) is 0. The molecule has 1 fully saturated rings. The predicted octanol–water partition coefficient (Wildman–Crippen LogP) is 0.233. The number of Topliss-reactive ketones (excluding diaryl/α,β-unsaturated/α-hetero) is 1. The minimum Gasteiger partial charge on any atom is -0.360 e. The van der Waals surface area contributed by atoms with Gasteiger partial charge in [-0.1, -0.05) is 13.2 Å². The van der Waals surface area contributed by atoms with Crippen molar-refractivity contribution in [2.45, 2.75) is 0 Å². The van der Waals surface area contributed by atoms with E-state index in [9.17, 15) is 9.59 Å². The van der Waals surface area contributed by atoms with E-state index in [0.717, 1.165) is 0 Å². The average Bonchev–Trinajstić information content (AvgIpc) is 2.27. The van der Waals surface area contributed by atoms with E-state index in [-0.39, 0.29) is 11.7 Å². The van der Waals surface area contributed by atoms with Crippen LogP contribution in [0.5, 0.6) is 0 Å². The summed E-state index contributed by atoms with van der Waals surface area (Å²) in [6, 6.07) is 0. The first-order chi connectivity index (χ1) is 6.71. The van der Waals surface area contributed by atoms with E-state index < -0.39 is 0 Å². The van der Waals surface area contributed by atoms with Gasteiger partial charge in [-0.25, -0.2) is 0 Å². The molecule has 1 aliphatic heterocycles. The van der Waals surface area contributed by atoms with Gasteiger partial charge in [-0.2, -0.15) is 0 Å². The summed E-state index contributed by atoms with van der Waals surface area (Å²) in [6.07, 6.45) is 3.72. The number of hydrogen-bond acceptors (Lipinski definition) is 4. The highest BCUT2D eigenvalue weighted by Crippen LogP contribution is 2.12. The molecule has 0 atom stereocenters. The highest BCUT2D eigenvalue weighted by atomic mass is 16.2.